The minimum absolute atomic E-state index is 0.314. The number of hydrogen-bond donors (Lipinski definition) is 1. The van der Waals surface area contributed by atoms with E-state index in [1.807, 2.05) is 0 Å². The summed E-state index contributed by atoms with van der Waals surface area (Å²) in [7, 11) is 0.441. The number of para-hydroxylation sites is 1. The second-order valence-electron chi connectivity index (χ2n) is 3.27. The van der Waals surface area contributed by atoms with Crippen molar-refractivity contribution in [3.05, 3.63) is 24.3 Å². The molecule has 1 aromatic rings. The van der Waals surface area contributed by atoms with Crippen molar-refractivity contribution in [3.8, 4) is 0 Å². The minimum atomic E-state index is -3.17. The lowest BCUT2D eigenvalue weighted by Gasteiger charge is -2.15. The molecule has 0 unspecified atom stereocenters. The van der Waals surface area contributed by atoms with Crippen molar-refractivity contribution in [2.24, 2.45) is 0 Å². The highest BCUT2D eigenvalue weighted by atomic mass is 32.2. The summed E-state index contributed by atoms with van der Waals surface area (Å²) in [4.78, 5) is 0.314. The Balaban J connectivity index is 3.17. The molecule has 0 fully saturated rings. The molecule has 0 aliphatic heterocycles. The van der Waals surface area contributed by atoms with Crippen LogP contribution in [0.15, 0.2) is 29.2 Å². The lowest BCUT2D eigenvalue weighted by molar-refractivity contribution is 0.493. The fraction of sp³-hybridized carbons (Fsp3) is 0.333. The monoisotopic (exact) mass is 214 g/mol. The van der Waals surface area contributed by atoms with Gasteiger partial charge in [0.1, 0.15) is 0 Å². The average molecular weight is 214 g/mol. The van der Waals surface area contributed by atoms with E-state index < -0.39 is 9.84 Å². The maximum atomic E-state index is 11.4. The Kier molecular flexibility index (Phi) is 3.13. The smallest absolute Gasteiger partial charge is 0.177 e. The number of anilines is 1. The van der Waals surface area contributed by atoms with Crippen LogP contribution < -0.4 is 5.43 Å². The van der Waals surface area contributed by atoms with Crippen molar-refractivity contribution >= 4 is 15.5 Å². The molecule has 0 saturated carbocycles. The first-order valence-corrected chi connectivity index (χ1v) is 6.03. The Bertz CT molecular complexity index is 413. The third-order valence-corrected chi connectivity index (χ3v) is 2.79. The number of benzene rings is 1. The number of hydrazine groups is 1. The van der Waals surface area contributed by atoms with Crippen LogP contribution in [0.5, 0.6) is 0 Å². The SMILES string of the molecule is CN(C)Nc1ccccc1S(C)(=O)=O. The first-order chi connectivity index (χ1) is 6.41. The van der Waals surface area contributed by atoms with Gasteiger partial charge in [0, 0.05) is 20.4 Å². The molecule has 1 rings (SSSR count). The van der Waals surface area contributed by atoms with Gasteiger partial charge in [-0.15, -0.1) is 0 Å². The number of rotatable bonds is 3. The molecule has 0 spiro atoms. The molecule has 1 aromatic carbocycles. The molecular formula is C9H14N2O2S. The number of nitrogens with zero attached hydrogens (tertiary/aromatic N) is 1. The van der Waals surface area contributed by atoms with Crippen molar-refractivity contribution in [2.45, 2.75) is 4.90 Å². The van der Waals surface area contributed by atoms with Crippen molar-refractivity contribution in [3.63, 3.8) is 0 Å². The van der Waals surface area contributed by atoms with Gasteiger partial charge >= 0.3 is 0 Å². The van der Waals surface area contributed by atoms with E-state index in [9.17, 15) is 8.42 Å². The van der Waals surface area contributed by atoms with Crippen molar-refractivity contribution in [1.29, 1.82) is 0 Å². The van der Waals surface area contributed by atoms with Crippen LogP contribution >= 0.6 is 0 Å². The molecule has 78 valence electrons. The zero-order valence-corrected chi connectivity index (χ0v) is 9.30. The maximum absolute atomic E-state index is 11.4. The first-order valence-electron chi connectivity index (χ1n) is 4.14. The fourth-order valence-electron chi connectivity index (χ4n) is 1.12. The number of nitrogens with one attached hydrogen (secondary N) is 1. The van der Waals surface area contributed by atoms with Gasteiger partial charge < -0.3 is 5.43 Å². The molecule has 14 heavy (non-hydrogen) atoms. The lowest BCUT2D eigenvalue weighted by Crippen LogP contribution is -2.21. The Morgan fingerprint density at radius 2 is 1.79 bits per heavy atom. The summed E-state index contributed by atoms with van der Waals surface area (Å²) in [6.07, 6.45) is 1.20. The van der Waals surface area contributed by atoms with Crippen LogP contribution in [0.3, 0.4) is 0 Å². The van der Waals surface area contributed by atoms with E-state index in [2.05, 4.69) is 5.43 Å². The third kappa shape index (κ3) is 2.71. The van der Waals surface area contributed by atoms with Gasteiger partial charge in [0.25, 0.3) is 0 Å². The lowest BCUT2D eigenvalue weighted by atomic mass is 10.3. The molecule has 0 bridgehead atoms. The van der Waals surface area contributed by atoms with Crippen molar-refractivity contribution in [1.82, 2.24) is 5.01 Å². The van der Waals surface area contributed by atoms with Crippen molar-refractivity contribution in [2.75, 3.05) is 25.8 Å². The van der Waals surface area contributed by atoms with Crippen LogP contribution in [0, 0.1) is 0 Å². The van der Waals surface area contributed by atoms with Gasteiger partial charge in [0.15, 0.2) is 9.84 Å². The van der Waals surface area contributed by atoms with Gasteiger partial charge in [-0.25, -0.2) is 13.4 Å². The van der Waals surface area contributed by atoms with E-state index in [1.165, 1.54) is 6.26 Å². The maximum Gasteiger partial charge on any atom is 0.177 e. The molecule has 0 aromatic heterocycles. The number of hydrogen-bond acceptors (Lipinski definition) is 4. The largest absolute Gasteiger partial charge is 0.318 e. The van der Waals surface area contributed by atoms with Gasteiger partial charge in [-0.3, -0.25) is 0 Å². The third-order valence-electron chi connectivity index (χ3n) is 1.63. The van der Waals surface area contributed by atoms with E-state index in [0.29, 0.717) is 10.6 Å². The molecule has 0 saturated heterocycles. The molecule has 0 aliphatic rings. The Morgan fingerprint density at radius 1 is 1.21 bits per heavy atom. The second kappa shape index (κ2) is 3.98. The predicted molar refractivity (Wildman–Crippen MR) is 56.9 cm³/mol. The Labute approximate surface area is 84.4 Å². The molecular weight excluding hydrogens is 200 g/mol. The summed E-state index contributed by atoms with van der Waals surface area (Å²) in [5, 5.41) is 1.70. The average Bonchev–Trinajstić information content (AvgIpc) is 2.01. The summed E-state index contributed by atoms with van der Waals surface area (Å²) in [5.74, 6) is 0. The van der Waals surface area contributed by atoms with Crippen molar-refractivity contribution < 1.29 is 8.42 Å². The van der Waals surface area contributed by atoms with E-state index in [1.54, 1.807) is 43.4 Å². The summed E-state index contributed by atoms with van der Waals surface area (Å²) in [5.41, 5.74) is 3.53. The van der Waals surface area contributed by atoms with Crippen LogP contribution in [-0.4, -0.2) is 33.8 Å². The quantitative estimate of drug-likeness (QED) is 0.762. The first kappa shape index (κ1) is 11.0. The summed E-state index contributed by atoms with van der Waals surface area (Å²) >= 11 is 0. The van der Waals surface area contributed by atoms with Crippen LogP contribution in [0.1, 0.15) is 0 Å². The van der Waals surface area contributed by atoms with Gasteiger partial charge in [-0.05, 0) is 12.1 Å². The standard InChI is InChI=1S/C9H14N2O2S/c1-11(2)10-8-6-4-5-7-9(8)14(3,12)13/h4-7,10H,1-3H3. The molecule has 0 aliphatic carbocycles. The zero-order chi connectivity index (χ0) is 10.8. The summed E-state index contributed by atoms with van der Waals surface area (Å²) in [6.45, 7) is 0. The highest BCUT2D eigenvalue weighted by Crippen LogP contribution is 2.20. The van der Waals surface area contributed by atoms with E-state index in [4.69, 9.17) is 0 Å². The zero-order valence-electron chi connectivity index (χ0n) is 8.48. The molecule has 1 N–H and O–H groups in total. The van der Waals surface area contributed by atoms with Gasteiger partial charge in [0.2, 0.25) is 0 Å². The van der Waals surface area contributed by atoms with E-state index in [0.717, 1.165) is 0 Å². The van der Waals surface area contributed by atoms with E-state index >= 15 is 0 Å². The highest BCUT2D eigenvalue weighted by molar-refractivity contribution is 7.90. The molecule has 5 heteroatoms. The number of sulfone groups is 1. The Hall–Kier alpha value is -1.07. The highest BCUT2D eigenvalue weighted by Gasteiger charge is 2.12. The molecule has 0 heterocycles. The van der Waals surface area contributed by atoms with Gasteiger partial charge in [-0.2, -0.15) is 0 Å². The van der Waals surface area contributed by atoms with E-state index in [-0.39, 0.29) is 0 Å². The van der Waals surface area contributed by atoms with Crippen LogP contribution in [0.25, 0.3) is 0 Å². The van der Waals surface area contributed by atoms with Crippen LogP contribution in [0.2, 0.25) is 0 Å². The topological polar surface area (TPSA) is 49.4 Å². The van der Waals surface area contributed by atoms with Crippen LogP contribution in [0.4, 0.5) is 5.69 Å². The molecule has 0 amide bonds. The normalized spacial score (nSPS) is 11.7. The molecule has 0 atom stereocenters. The predicted octanol–water partition coefficient (Wildman–Crippen LogP) is 0.979. The Morgan fingerprint density at radius 3 is 2.29 bits per heavy atom. The fourth-order valence-corrected chi connectivity index (χ4v) is 1.96. The van der Waals surface area contributed by atoms with Crippen LogP contribution in [-0.2, 0) is 9.84 Å². The van der Waals surface area contributed by atoms with Gasteiger partial charge in [0.05, 0.1) is 10.6 Å². The molecule has 4 nitrogen and oxygen atoms in total. The summed E-state index contributed by atoms with van der Waals surface area (Å²) in [6, 6.07) is 6.81. The van der Waals surface area contributed by atoms with Gasteiger partial charge in [-0.1, -0.05) is 12.1 Å². The second-order valence-corrected chi connectivity index (χ2v) is 5.26. The summed E-state index contributed by atoms with van der Waals surface area (Å²) < 4.78 is 22.8. The molecule has 0 radical (unpaired) electrons. The minimum Gasteiger partial charge on any atom is -0.318 e.